The van der Waals surface area contributed by atoms with E-state index in [9.17, 15) is 5.11 Å². The molecule has 0 aliphatic rings. The lowest BCUT2D eigenvalue weighted by atomic mass is 10.1. The minimum absolute atomic E-state index is 0.322. The number of rotatable bonds is 8. The summed E-state index contributed by atoms with van der Waals surface area (Å²) >= 11 is 0. The Balaban J connectivity index is 1.64. The van der Waals surface area contributed by atoms with Gasteiger partial charge in [-0.25, -0.2) is 0 Å². The number of aliphatic hydroxyl groups is 1. The van der Waals surface area contributed by atoms with Crippen LogP contribution < -0.4 is 10.1 Å². The number of benzene rings is 3. The van der Waals surface area contributed by atoms with Gasteiger partial charge < -0.3 is 19.9 Å². The van der Waals surface area contributed by atoms with Crippen molar-refractivity contribution in [2.24, 2.45) is 0 Å². The molecule has 0 aromatic heterocycles. The molecule has 1 atom stereocenters. The van der Waals surface area contributed by atoms with E-state index in [4.69, 9.17) is 9.47 Å². The predicted molar refractivity (Wildman–Crippen MR) is 101 cm³/mol. The third-order valence-corrected chi connectivity index (χ3v) is 3.96. The molecule has 2 N–H and O–H groups in total. The van der Waals surface area contributed by atoms with Crippen molar-refractivity contribution in [1.82, 2.24) is 0 Å². The number of aliphatic hydroxyl groups excluding tert-OH is 1. The molecule has 0 bridgehead atoms. The molecule has 0 saturated carbocycles. The predicted octanol–water partition coefficient (Wildman–Crippen LogP) is 3.84. The minimum Gasteiger partial charge on any atom is -0.489 e. The highest BCUT2D eigenvalue weighted by Crippen LogP contribution is 2.24. The van der Waals surface area contributed by atoms with E-state index in [1.54, 1.807) is 7.11 Å². The van der Waals surface area contributed by atoms with Gasteiger partial charge in [0.05, 0.1) is 12.7 Å². The molecular formula is C21H23NO3. The zero-order valence-corrected chi connectivity index (χ0v) is 14.3. The zero-order chi connectivity index (χ0) is 17.5. The first-order valence-corrected chi connectivity index (χ1v) is 8.36. The molecule has 0 unspecified atom stereocenters. The van der Waals surface area contributed by atoms with E-state index in [-0.39, 0.29) is 0 Å². The fourth-order valence-corrected chi connectivity index (χ4v) is 2.65. The van der Waals surface area contributed by atoms with E-state index in [1.165, 1.54) is 0 Å². The van der Waals surface area contributed by atoms with Gasteiger partial charge in [-0.2, -0.15) is 0 Å². The minimum atomic E-state index is -0.519. The number of anilines is 1. The lowest BCUT2D eigenvalue weighted by molar-refractivity contribution is 0.0727. The van der Waals surface area contributed by atoms with Crippen LogP contribution in [-0.4, -0.2) is 31.5 Å². The smallest absolute Gasteiger partial charge is 0.120 e. The summed E-state index contributed by atoms with van der Waals surface area (Å²) in [4.78, 5) is 0. The second kappa shape index (κ2) is 8.51. The number of methoxy groups -OCH3 is 1. The number of fused-ring (bicyclic) bond motifs is 1. The quantitative estimate of drug-likeness (QED) is 0.656. The molecule has 130 valence electrons. The van der Waals surface area contributed by atoms with Gasteiger partial charge in [-0.1, -0.05) is 42.5 Å². The third-order valence-electron chi connectivity index (χ3n) is 3.96. The van der Waals surface area contributed by atoms with Crippen molar-refractivity contribution in [3.8, 4) is 5.75 Å². The fraction of sp³-hybridized carbons (Fsp3) is 0.238. The third kappa shape index (κ3) is 4.95. The van der Waals surface area contributed by atoms with Crippen LogP contribution in [0.4, 0.5) is 5.69 Å². The summed E-state index contributed by atoms with van der Waals surface area (Å²) in [7, 11) is 1.58. The second-order valence-corrected chi connectivity index (χ2v) is 5.99. The van der Waals surface area contributed by atoms with Crippen LogP contribution in [0.15, 0.2) is 66.7 Å². The Kier molecular flexibility index (Phi) is 5.88. The Bertz CT molecular complexity index is 805. The van der Waals surface area contributed by atoms with Crippen molar-refractivity contribution in [3.05, 3.63) is 72.3 Å². The molecule has 0 heterocycles. The van der Waals surface area contributed by atoms with Crippen LogP contribution in [0.2, 0.25) is 0 Å². The SMILES string of the molecule is COC[C@H](O)CNc1ccc2cc(OCc3ccccc3)ccc2c1. The molecular weight excluding hydrogens is 314 g/mol. The highest BCUT2D eigenvalue weighted by atomic mass is 16.5. The van der Waals surface area contributed by atoms with Crippen LogP contribution in [0.3, 0.4) is 0 Å². The summed E-state index contributed by atoms with van der Waals surface area (Å²) in [5.41, 5.74) is 2.12. The summed E-state index contributed by atoms with van der Waals surface area (Å²) < 4.78 is 10.8. The number of hydrogen-bond donors (Lipinski definition) is 2. The van der Waals surface area contributed by atoms with E-state index in [1.807, 2.05) is 42.5 Å². The van der Waals surface area contributed by atoms with Crippen LogP contribution in [-0.2, 0) is 11.3 Å². The number of nitrogens with one attached hydrogen (secondary N) is 1. The topological polar surface area (TPSA) is 50.7 Å². The van der Waals surface area contributed by atoms with Gasteiger partial charge in [-0.05, 0) is 40.6 Å². The average molecular weight is 337 g/mol. The van der Waals surface area contributed by atoms with Crippen molar-refractivity contribution in [1.29, 1.82) is 0 Å². The van der Waals surface area contributed by atoms with Gasteiger partial charge in [0.25, 0.3) is 0 Å². The van der Waals surface area contributed by atoms with Crippen molar-refractivity contribution in [2.75, 3.05) is 25.6 Å². The van der Waals surface area contributed by atoms with Crippen molar-refractivity contribution >= 4 is 16.5 Å². The van der Waals surface area contributed by atoms with Crippen LogP contribution >= 0.6 is 0 Å². The summed E-state index contributed by atoms with van der Waals surface area (Å²) in [5, 5.41) is 15.2. The largest absolute Gasteiger partial charge is 0.489 e. The number of ether oxygens (including phenoxy) is 2. The summed E-state index contributed by atoms with van der Waals surface area (Å²) in [6, 6.07) is 22.3. The summed E-state index contributed by atoms with van der Waals surface area (Å²) in [6.45, 7) is 1.34. The molecule has 3 rings (SSSR count). The molecule has 0 fully saturated rings. The summed E-state index contributed by atoms with van der Waals surface area (Å²) in [5.74, 6) is 0.854. The van der Waals surface area contributed by atoms with Crippen LogP contribution in [0.1, 0.15) is 5.56 Å². The molecule has 0 radical (unpaired) electrons. The van der Waals surface area contributed by atoms with E-state index in [0.29, 0.717) is 19.8 Å². The zero-order valence-electron chi connectivity index (χ0n) is 14.3. The van der Waals surface area contributed by atoms with Gasteiger partial charge in [0.2, 0.25) is 0 Å². The average Bonchev–Trinajstić information content (AvgIpc) is 2.65. The molecule has 0 saturated heterocycles. The Morgan fingerprint density at radius 1 is 0.960 bits per heavy atom. The van der Waals surface area contributed by atoms with E-state index < -0.39 is 6.10 Å². The lowest BCUT2D eigenvalue weighted by Crippen LogP contribution is -2.24. The Hall–Kier alpha value is -2.56. The van der Waals surface area contributed by atoms with E-state index >= 15 is 0 Å². The Morgan fingerprint density at radius 3 is 2.52 bits per heavy atom. The highest BCUT2D eigenvalue weighted by molar-refractivity contribution is 5.86. The van der Waals surface area contributed by atoms with Gasteiger partial charge in [0.1, 0.15) is 12.4 Å². The fourth-order valence-electron chi connectivity index (χ4n) is 2.65. The van der Waals surface area contributed by atoms with Crippen LogP contribution in [0, 0.1) is 0 Å². The normalized spacial score (nSPS) is 12.1. The number of hydrogen-bond acceptors (Lipinski definition) is 4. The highest BCUT2D eigenvalue weighted by Gasteiger charge is 2.04. The first-order valence-electron chi connectivity index (χ1n) is 8.36. The maximum atomic E-state index is 9.71. The van der Waals surface area contributed by atoms with Crippen LogP contribution in [0.25, 0.3) is 10.8 Å². The Morgan fingerprint density at radius 2 is 1.72 bits per heavy atom. The maximum Gasteiger partial charge on any atom is 0.120 e. The molecule has 0 aliphatic heterocycles. The molecule has 0 spiro atoms. The monoisotopic (exact) mass is 337 g/mol. The van der Waals surface area contributed by atoms with Gasteiger partial charge in [-0.15, -0.1) is 0 Å². The maximum absolute atomic E-state index is 9.71. The summed E-state index contributed by atoms with van der Waals surface area (Å²) in [6.07, 6.45) is -0.519. The first kappa shape index (κ1) is 17.3. The lowest BCUT2D eigenvalue weighted by Gasteiger charge is -2.13. The molecule has 0 amide bonds. The van der Waals surface area contributed by atoms with Crippen molar-refractivity contribution in [2.45, 2.75) is 12.7 Å². The second-order valence-electron chi connectivity index (χ2n) is 5.99. The van der Waals surface area contributed by atoms with E-state index in [0.717, 1.165) is 27.8 Å². The Labute approximate surface area is 148 Å². The van der Waals surface area contributed by atoms with Gasteiger partial charge in [-0.3, -0.25) is 0 Å². The molecule has 25 heavy (non-hydrogen) atoms. The molecule has 3 aromatic carbocycles. The molecule has 0 aliphatic carbocycles. The van der Waals surface area contributed by atoms with E-state index in [2.05, 4.69) is 29.6 Å². The molecule has 3 aromatic rings. The van der Waals surface area contributed by atoms with Gasteiger partial charge >= 0.3 is 0 Å². The van der Waals surface area contributed by atoms with Crippen molar-refractivity contribution < 1.29 is 14.6 Å². The van der Waals surface area contributed by atoms with Crippen LogP contribution in [0.5, 0.6) is 5.75 Å². The molecule has 4 nitrogen and oxygen atoms in total. The van der Waals surface area contributed by atoms with Gasteiger partial charge in [0, 0.05) is 19.3 Å². The standard InChI is InChI=1S/C21H23NO3/c1-24-15-20(23)13-22-19-9-7-18-12-21(10-8-17(18)11-19)25-14-16-5-3-2-4-6-16/h2-12,20,22-23H,13-15H2,1H3/t20-/m1/s1. The first-order chi connectivity index (χ1) is 12.2. The molecule has 4 heteroatoms. The van der Waals surface area contributed by atoms with Crippen molar-refractivity contribution in [3.63, 3.8) is 0 Å². The van der Waals surface area contributed by atoms with Gasteiger partial charge in [0.15, 0.2) is 0 Å².